The van der Waals surface area contributed by atoms with E-state index >= 15 is 0 Å². The molecule has 17 heavy (non-hydrogen) atoms. The summed E-state index contributed by atoms with van der Waals surface area (Å²) in [5.74, 6) is -0.106. The number of carbonyl (C=O) groups is 1. The fraction of sp³-hybridized carbons (Fsp3) is 0.364. The molecule has 0 aliphatic rings. The topological polar surface area (TPSA) is 84.3 Å². The van der Waals surface area contributed by atoms with Crippen LogP contribution < -0.4 is 10.6 Å². The fourth-order valence-corrected chi connectivity index (χ4v) is 1.49. The smallest absolute Gasteiger partial charge is 0.269 e. The SMILES string of the molecule is CNC(=O)[C@H](Cc1ccc([N+](=O)[O-])cc1)NC. The Balaban J connectivity index is 2.74. The van der Waals surface area contributed by atoms with Gasteiger partial charge in [-0.05, 0) is 19.0 Å². The number of amides is 1. The van der Waals surface area contributed by atoms with Gasteiger partial charge in [0.25, 0.3) is 5.69 Å². The van der Waals surface area contributed by atoms with Crippen LogP contribution in [0.1, 0.15) is 5.56 Å². The summed E-state index contributed by atoms with van der Waals surface area (Å²) >= 11 is 0. The molecule has 1 amide bonds. The average molecular weight is 237 g/mol. The van der Waals surface area contributed by atoms with Crippen LogP contribution in [-0.4, -0.2) is 31.0 Å². The van der Waals surface area contributed by atoms with Crippen LogP contribution in [0.3, 0.4) is 0 Å². The summed E-state index contributed by atoms with van der Waals surface area (Å²) in [4.78, 5) is 21.5. The molecule has 2 N–H and O–H groups in total. The first-order valence-electron chi connectivity index (χ1n) is 5.20. The molecule has 6 nitrogen and oxygen atoms in total. The normalized spacial score (nSPS) is 11.9. The van der Waals surface area contributed by atoms with Gasteiger partial charge in [-0.2, -0.15) is 0 Å². The van der Waals surface area contributed by atoms with Crippen molar-refractivity contribution >= 4 is 11.6 Å². The Labute approximate surface area is 99.2 Å². The van der Waals surface area contributed by atoms with Crippen molar-refractivity contribution in [2.45, 2.75) is 12.5 Å². The van der Waals surface area contributed by atoms with E-state index in [9.17, 15) is 14.9 Å². The third kappa shape index (κ3) is 3.53. The number of nitrogens with one attached hydrogen (secondary N) is 2. The van der Waals surface area contributed by atoms with Crippen molar-refractivity contribution in [2.24, 2.45) is 0 Å². The van der Waals surface area contributed by atoms with Gasteiger partial charge in [-0.25, -0.2) is 0 Å². The quantitative estimate of drug-likeness (QED) is 0.576. The Morgan fingerprint density at radius 3 is 2.35 bits per heavy atom. The average Bonchev–Trinajstić information content (AvgIpc) is 2.35. The number of non-ortho nitro benzene ring substituents is 1. The maximum absolute atomic E-state index is 11.4. The van der Waals surface area contributed by atoms with E-state index in [0.29, 0.717) is 6.42 Å². The summed E-state index contributed by atoms with van der Waals surface area (Å²) < 4.78 is 0. The number of nitro benzene ring substituents is 1. The lowest BCUT2D eigenvalue weighted by molar-refractivity contribution is -0.384. The number of nitro groups is 1. The standard InChI is InChI=1S/C11H15N3O3/c1-12-10(11(15)13-2)7-8-3-5-9(6-4-8)14(16)17/h3-6,10,12H,7H2,1-2H3,(H,13,15)/t10-/m0/s1. The first kappa shape index (κ1) is 13.1. The van der Waals surface area contributed by atoms with Gasteiger partial charge in [-0.1, -0.05) is 12.1 Å². The first-order valence-corrected chi connectivity index (χ1v) is 5.20. The van der Waals surface area contributed by atoms with Crippen molar-refractivity contribution in [1.29, 1.82) is 0 Å². The Hall–Kier alpha value is -1.95. The highest BCUT2D eigenvalue weighted by Gasteiger charge is 2.15. The van der Waals surface area contributed by atoms with Crippen molar-refractivity contribution in [3.05, 3.63) is 39.9 Å². The highest BCUT2D eigenvalue weighted by molar-refractivity contribution is 5.81. The molecule has 0 spiro atoms. The predicted molar refractivity (Wildman–Crippen MR) is 63.7 cm³/mol. The third-order valence-electron chi connectivity index (χ3n) is 2.50. The lowest BCUT2D eigenvalue weighted by Gasteiger charge is -2.14. The summed E-state index contributed by atoms with van der Waals surface area (Å²) in [6, 6.07) is 5.86. The minimum absolute atomic E-state index is 0.0506. The molecule has 0 saturated heterocycles. The van der Waals surface area contributed by atoms with Gasteiger partial charge >= 0.3 is 0 Å². The van der Waals surface area contributed by atoms with E-state index in [1.807, 2.05) is 0 Å². The molecule has 0 fully saturated rings. The van der Waals surface area contributed by atoms with Gasteiger partial charge in [0.1, 0.15) is 0 Å². The molecular weight excluding hydrogens is 222 g/mol. The van der Waals surface area contributed by atoms with Crippen molar-refractivity contribution in [3.63, 3.8) is 0 Å². The van der Waals surface area contributed by atoms with Gasteiger partial charge in [0.05, 0.1) is 11.0 Å². The van der Waals surface area contributed by atoms with E-state index in [0.717, 1.165) is 5.56 Å². The summed E-state index contributed by atoms with van der Waals surface area (Å²) in [5.41, 5.74) is 0.924. The Morgan fingerprint density at radius 2 is 1.94 bits per heavy atom. The molecule has 0 aliphatic heterocycles. The van der Waals surface area contributed by atoms with Crippen LogP contribution in [0, 0.1) is 10.1 Å². The summed E-state index contributed by atoms with van der Waals surface area (Å²) in [7, 11) is 3.27. The van der Waals surface area contributed by atoms with Crippen molar-refractivity contribution in [2.75, 3.05) is 14.1 Å². The molecule has 0 bridgehead atoms. The summed E-state index contributed by atoms with van der Waals surface area (Å²) in [6.45, 7) is 0. The molecule has 92 valence electrons. The second-order valence-corrected chi connectivity index (χ2v) is 3.58. The minimum atomic E-state index is -0.446. The maximum atomic E-state index is 11.4. The lowest BCUT2D eigenvalue weighted by Crippen LogP contribution is -2.42. The number of carbonyl (C=O) groups excluding carboxylic acids is 1. The second-order valence-electron chi connectivity index (χ2n) is 3.58. The zero-order chi connectivity index (χ0) is 12.8. The minimum Gasteiger partial charge on any atom is -0.358 e. The van der Waals surface area contributed by atoms with E-state index in [1.54, 1.807) is 26.2 Å². The monoisotopic (exact) mass is 237 g/mol. The van der Waals surface area contributed by atoms with Gasteiger partial charge in [0, 0.05) is 19.2 Å². The van der Waals surface area contributed by atoms with Gasteiger partial charge < -0.3 is 10.6 Å². The van der Waals surface area contributed by atoms with Gasteiger partial charge in [-0.15, -0.1) is 0 Å². The molecule has 6 heteroatoms. The third-order valence-corrected chi connectivity index (χ3v) is 2.50. The van der Waals surface area contributed by atoms with Crippen LogP contribution in [0.2, 0.25) is 0 Å². The molecule has 0 aliphatic carbocycles. The number of benzene rings is 1. The van der Waals surface area contributed by atoms with Crippen LogP contribution in [0.4, 0.5) is 5.69 Å². The van der Waals surface area contributed by atoms with Crippen molar-refractivity contribution in [1.82, 2.24) is 10.6 Å². The highest BCUT2D eigenvalue weighted by atomic mass is 16.6. The molecular formula is C11H15N3O3. The zero-order valence-electron chi connectivity index (χ0n) is 9.77. The Bertz CT molecular complexity index is 403. The van der Waals surface area contributed by atoms with Crippen LogP contribution >= 0.6 is 0 Å². The van der Waals surface area contributed by atoms with Crippen LogP contribution in [0.25, 0.3) is 0 Å². The first-order chi connectivity index (χ1) is 8.08. The van der Waals surface area contributed by atoms with Gasteiger partial charge in [0.2, 0.25) is 5.91 Å². The number of likely N-dealkylation sites (N-methyl/N-ethyl adjacent to an activating group) is 2. The van der Waals surface area contributed by atoms with Crippen molar-refractivity contribution in [3.8, 4) is 0 Å². The fourth-order valence-electron chi connectivity index (χ4n) is 1.49. The molecule has 1 atom stereocenters. The maximum Gasteiger partial charge on any atom is 0.269 e. The van der Waals surface area contributed by atoms with Crippen LogP contribution in [0.5, 0.6) is 0 Å². The second kappa shape index (κ2) is 5.95. The summed E-state index contributed by atoms with van der Waals surface area (Å²) in [6.07, 6.45) is 0.494. The molecule has 0 unspecified atom stereocenters. The predicted octanol–water partition coefficient (Wildman–Crippen LogP) is 0.471. The van der Waals surface area contributed by atoms with Gasteiger partial charge in [-0.3, -0.25) is 14.9 Å². The van der Waals surface area contributed by atoms with E-state index in [2.05, 4.69) is 10.6 Å². The Morgan fingerprint density at radius 1 is 1.35 bits per heavy atom. The molecule has 0 saturated carbocycles. The highest BCUT2D eigenvalue weighted by Crippen LogP contribution is 2.13. The number of rotatable bonds is 5. The summed E-state index contributed by atoms with van der Waals surface area (Å²) in [5, 5.41) is 15.9. The Kier molecular flexibility index (Phi) is 4.59. The van der Waals surface area contributed by atoms with E-state index in [4.69, 9.17) is 0 Å². The zero-order valence-corrected chi connectivity index (χ0v) is 9.77. The van der Waals surface area contributed by atoms with Crippen LogP contribution in [-0.2, 0) is 11.2 Å². The number of hydrogen-bond donors (Lipinski definition) is 2. The molecule has 1 aromatic rings. The van der Waals surface area contributed by atoms with E-state index < -0.39 is 4.92 Å². The van der Waals surface area contributed by atoms with Gasteiger partial charge in [0.15, 0.2) is 0 Å². The lowest BCUT2D eigenvalue weighted by atomic mass is 10.1. The molecule has 0 heterocycles. The molecule has 1 aromatic carbocycles. The molecule has 0 aromatic heterocycles. The number of nitrogens with zero attached hydrogens (tertiary/aromatic N) is 1. The van der Waals surface area contributed by atoms with Crippen LogP contribution in [0.15, 0.2) is 24.3 Å². The largest absolute Gasteiger partial charge is 0.358 e. The number of hydrogen-bond acceptors (Lipinski definition) is 4. The molecule has 0 radical (unpaired) electrons. The van der Waals surface area contributed by atoms with E-state index in [-0.39, 0.29) is 17.6 Å². The molecule has 1 rings (SSSR count). The van der Waals surface area contributed by atoms with Crippen molar-refractivity contribution < 1.29 is 9.72 Å². The van der Waals surface area contributed by atoms with E-state index in [1.165, 1.54) is 12.1 Å².